The standard InChI is InChI=1S/C15H26N4O2/c1-4-11(5-2)14-8-12(6-7-21-14)17-15(20)18-13-9-16-19(3)10-13/h9-12,14H,4-8H2,1-3H3,(H2,17,18,20). The topological polar surface area (TPSA) is 68.2 Å². The number of aryl methyl sites for hydroxylation is 1. The Balaban J connectivity index is 1.83. The second kappa shape index (κ2) is 7.45. The highest BCUT2D eigenvalue weighted by Crippen LogP contribution is 2.25. The highest BCUT2D eigenvalue weighted by atomic mass is 16.5. The van der Waals surface area contributed by atoms with Crippen molar-refractivity contribution in [2.24, 2.45) is 13.0 Å². The summed E-state index contributed by atoms with van der Waals surface area (Å²) in [7, 11) is 1.82. The molecule has 0 saturated carbocycles. The van der Waals surface area contributed by atoms with E-state index in [1.165, 1.54) is 0 Å². The Kier molecular flexibility index (Phi) is 5.61. The van der Waals surface area contributed by atoms with Crippen LogP contribution in [0.5, 0.6) is 0 Å². The van der Waals surface area contributed by atoms with E-state index in [9.17, 15) is 4.79 Å². The lowest BCUT2D eigenvalue weighted by Gasteiger charge is -2.34. The summed E-state index contributed by atoms with van der Waals surface area (Å²) in [6, 6.07) is 0.0132. The van der Waals surface area contributed by atoms with E-state index in [1.54, 1.807) is 17.1 Å². The molecule has 2 N–H and O–H groups in total. The Morgan fingerprint density at radius 2 is 2.29 bits per heavy atom. The second-order valence-electron chi connectivity index (χ2n) is 5.71. The Morgan fingerprint density at radius 1 is 1.52 bits per heavy atom. The first kappa shape index (κ1) is 15.8. The van der Waals surface area contributed by atoms with Crippen molar-refractivity contribution < 1.29 is 9.53 Å². The molecule has 0 radical (unpaired) electrons. The first-order chi connectivity index (χ1) is 10.1. The van der Waals surface area contributed by atoms with E-state index in [0.29, 0.717) is 11.6 Å². The lowest BCUT2D eigenvalue weighted by molar-refractivity contribution is -0.0329. The van der Waals surface area contributed by atoms with Crippen molar-refractivity contribution in [3.05, 3.63) is 12.4 Å². The van der Waals surface area contributed by atoms with Gasteiger partial charge in [0.1, 0.15) is 0 Å². The molecule has 0 bridgehead atoms. The number of nitrogens with zero attached hydrogens (tertiary/aromatic N) is 2. The van der Waals surface area contributed by atoms with Gasteiger partial charge in [-0.1, -0.05) is 26.7 Å². The smallest absolute Gasteiger partial charge is 0.319 e. The SMILES string of the molecule is CCC(CC)C1CC(NC(=O)Nc2cnn(C)c2)CCO1. The zero-order chi connectivity index (χ0) is 15.2. The molecule has 1 aromatic rings. The number of amides is 2. The second-order valence-corrected chi connectivity index (χ2v) is 5.71. The molecule has 2 unspecified atom stereocenters. The van der Waals surface area contributed by atoms with Crippen LogP contribution in [0.1, 0.15) is 39.5 Å². The van der Waals surface area contributed by atoms with Crippen molar-refractivity contribution in [1.29, 1.82) is 0 Å². The minimum absolute atomic E-state index is 0.168. The van der Waals surface area contributed by atoms with Gasteiger partial charge in [0.05, 0.1) is 18.0 Å². The van der Waals surface area contributed by atoms with Crippen LogP contribution in [0.15, 0.2) is 12.4 Å². The summed E-state index contributed by atoms with van der Waals surface area (Å²) in [6.07, 6.45) is 7.68. The molecule has 1 aromatic heterocycles. The van der Waals surface area contributed by atoms with Crippen molar-refractivity contribution in [3.8, 4) is 0 Å². The van der Waals surface area contributed by atoms with Crippen LogP contribution in [0, 0.1) is 5.92 Å². The van der Waals surface area contributed by atoms with E-state index in [1.807, 2.05) is 7.05 Å². The number of hydrogen-bond acceptors (Lipinski definition) is 3. The summed E-state index contributed by atoms with van der Waals surface area (Å²) in [5.41, 5.74) is 0.707. The molecule has 0 spiro atoms. The molecule has 118 valence electrons. The van der Waals surface area contributed by atoms with Crippen LogP contribution in [0.2, 0.25) is 0 Å². The van der Waals surface area contributed by atoms with E-state index in [4.69, 9.17) is 4.74 Å². The number of hydrogen-bond donors (Lipinski definition) is 2. The molecule has 2 rings (SSSR count). The number of carbonyl (C=O) groups excluding carboxylic acids is 1. The van der Waals surface area contributed by atoms with Crippen molar-refractivity contribution >= 4 is 11.7 Å². The van der Waals surface area contributed by atoms with Crippen LogP contribution in [0.25, 0.3) is 0 Å². The molecule has 0 aromatic carbocycles. The third-order valence-electron chi connectivity index (χ3n) is 4.19. The fraction of sp³-hybridized carbons (Fsp3) is 0.733. The average molecular weight is 294 g/mol. The number of aromatic nitrogens is 2. The summed E-state index contributed by atoms with van der Waals surface area (Å²) in [4.78, 5) is 12.0. The van der Waals surface area contributed by atoms with Gasteiger partial charge in [0.25, 0.3) is 0 Å². The number of ether oxygens (including phenoxy) is 1. The molecular formula is C15H26N4O2. The summed E-state index contributed by atoms with van der Waals surface area (Å²) >= 11 is 0. The molecule has 2 atom stereocenters. The molecule has 2 heterocycles. The average Bonchev–Trinajstić information content (AvgIpc) is 2.85. The largest absolute Gasteiger partial charge is 0.378 e. The van der Waals surface area contributed by atoms with Crippen molar-refractivity contribution in [2.45, 2.75) is 51.7 Å². The van der Waals surface area contributed by atoms with Crippen LogP contribution < -0.4 is 10.6 Å². The molecule has 1 saturated heterocycles. The van der Waals surface area contributed by atoms with Crippen LogP contribution >= 0.6 is 0 Å². The van der Waals surface area contributed by atoms with Crippen LogP contribution in [0.4, 0.5) is 10.5 Å². The Morgan fingerprint density at radius 3 is 2.90 bits per heavy atom. The number of nitrogens with one attached hydrogen (secondary N) is 2. The molecule has 1 fully saturated rings. The zero-order valence-electron chi connectivity index (χ0n) is 13.1. The lowest BCUT2D eigenvalue weighted by atomic mass is 9.89. The van der Waals surface area contributed by atoms with Gasteiger partial charge in [-0.25, -0.2) is 4.79 Å². The monoisotopic (exact) mass is 294 g/mol. The van der Waals surface area contributed by atoms with Gasteiger partial charge < -0.3 is 15.4 Å². The van der Waals surface area contributed by atoms with Gasteiger partial charge in [0.2, 0.25) is 0 Å². The number of anilines is 1. The fourth-order valence-electron chi connectivity index (χ4n) is 2.94. The first-order valence-electron chi connectivity index (χ1n) is 7.80. The fourth-order valence-corrected chi connectivity index (χ4v) is 2.94. The number of rotatable bonds is 5. The zero-order valence-corrected chi connectivity index (χ0v) is 13.1. The molecule has 21 heavy (non-hydrogen) atoms. The van der Waals surface area contributed by atoms with Crippen molar-refractivity contribution in [1.82, 2.24) is 15.1 Å². The van der Waals surface area contributed by atoms with E-state index in [0.717, 1.165) is 32.3 Å². The maximum Gasteiger partial charge on any atom is 0.319 e. The molecule has 2 amide bonds. The predicted molar refractivity (Wildman–Crippen MR) is 82.2 cm³/mol. The third-order valence-corrected chi connectivity index (χ3v) is 4.19. The van der Waals surface area contributed by atoms with Crippen molar-refractivity contribution in [2.75, 3.05) is 11.9 Å². The summed E-state index contributed by atoms with van der Waals surface area (Å²) in [5.74, 6) is 0.580. The molecule has 1 aliphatic rings. The Labute approximate surface area is 126 Å². The molecule has 0 aliphatic carbocycles. The number of carbonyl (C=O) groups is 1. The van der Waals surface area contributed by atoms with Gasteiger partial charge >= 0.3 is 6.03 Å². The molecular weight excluding hydrogens is 268 g/mol. The Bertz CT molecular complexity index is 456. The predicted octanol–water partition coefficient (Wildman–Crippen LogP) is 2.53. The van der Waals surface area contributed by atoms with Crippen LogP contribution in [-0.4, -0.2) is 34.6 Å². The van der Waals surface area contributed by atoms with Gasteiger partial charge in [-0.3, -0.25) is 4.68 Å². The van der Waals surface area contributed by atoms with E-state index in [-0.39, 0.29) is 18.2 Å². The Hall–Kier alpha value is -1.56. The first-order valence-corrected chi connectivity index (χ1v) is 7.80. The highest BCUT2D eigenvalue weighted by molar-refractivity contribution is 5.89. The summed E-state index contributed by atoms with van der Waals surface area (Å²) in [5, 5.41) is 9.88. The third kappa shape index (κ3) is 4.46. The molecule has 6 heteroatoms. The van der Waals surface area contributed by atoms with Crippen LogP contribution in [-0.2, 0) is 11.8 Å². The maximum absolute atomic E-state index is 12.0. The minimum atomic E-state index is -0.168. The van der Waals surface area contributed by atoms with Crippen LogP contribution in [0.3, 0.4) is 0 Å². The van der Waals surface area contributed by atoms with Gasteiger partial charge in [0, 0.05) is 25.9 Å². The lowest BCUT2D eigenvalue weighted by Crippen LogP contribution is -2.45. The van der Waals surface area contributed by atoms with Gasteiger partial charge in [0.15, 0.2) is 0 Å². The van der Waals surface area contributed by atoms with Gasteiger partial charge in [-0.05, 0) is 18.8 Å². The van der Waals surface area contributed by atoms with Gasteiger partial charge in [-0.15, -0.1) is 0 Å². The quantitative estimate of drug-likeness (QED) is 0.877. The van der Waals surface area contributed by atoms with E-state index in [2.05, 4.69) is 29.6 Å². The molecule has 1 aliphatic heterocycles. The minimum Gasteiger partial charge on any atom is -0.378 e. The normalized spacial score (nSPS) is 22.3. The van der Waals surface area contributed by atoms with Gasteiger partial charge in [-0.2, -0.15) is 5.10 Å². The van der Waals surface area contributed by atoms with E-state index < -0.39 is 0 Å². The molecule has 6 nitrogen and oxygen atoms in total. The van der Waals surface area contributed by atoms with Crippen molar-refractivity contribution in [3.63, 3.8) is 0 Å². The number of urea groups is 1. The summed E-state index contributed by atoms with van der Waals surface area (Å²) < 4.78 is 7.53. The highest BCUT2D eigenvalue weighted by Gasteiger charge is 2.28. The van der Waals surface area contributed by atoms with E-state index >= 15 is 0 Å². The summed E-state index contributed by atoms with van der Waals surface area (Å²) in [6.45, 7) is 5.12. The maximum atomic E-state index is 12.0.